The maximum Gasteiger partial charge on any atom is 0.241 e. The number of hydrogen-bond donors (Lipinski definition) is 1. The first-order valence-corrected chi connectivity index (χ1v) is 9.43. The van der Waals surface area contributed by atoms with E-state index in [1.54, 1.807) is 12.1 Å². The van der Waals surface area contributed by atoms with Crippen LogP contribution < -0.4 is 4.72 Å². The van der Waals surface area contributed by atoms with E-state index >= 15 is 0 Å². The maximum absolute atomic E-state index is 12.1. The van der Waals surface area contributed by atoms with Crippen LogP contribution in [-0.4, -0.2) is 28.6 Å². The summed E-state index contributed by atoms with van der Waals surface area (Å²) in [5.74, 6) is 0.0960. The van der Waals surface area contributed by atoms with E-state index < -0.39 is 25.9 Å². The Morgan fingerprint density at radius 2 is 1.80 bits per heavy atom. The molecule has 1 aromatic rings. The van der Waals surface area contributed by atoms with Gasteiger partial charge in [0.05, 0.1) is 16.7 Å². The first-order valence-electron chi connectivity index (χ1n) is 6.23. The lowest BCUT2D eigenvalue weighted by Crippen LogP contribution is -2.35. The van der Waals surface area contributed by atoms with Crippen LogP contribution in [-0.2, 0) is 19.9 Å². The Balaban J connectivity index is 2.17. The fourth-order valence-corrected chi connectivity index (χ4v) is 4.48. The molecule has 0 aromatic heterocycles. The molecule has 1 atom stereocenters. The zero-order valence-corrected chi connectivity index (χ0v) is 12.9. The predicted octanol–water partition coefficient (Wildman–Crippen LogP) is 1.40. The summed E-state index contributed by atoms with van der Waals surface area (Å²) in [4.78, 5) is 0.139. The molecule has 2 rings (SSSR count). The minimum Gasteiger partial charge on any atom is -0.224 e. The van der Waals surface area contributed by atoms with Crippen LogP contribution >= 0.6 is 0 Å². The smallest absolute Gasteiger partial charge is 0.224 e. The summed E-state index contributed by atoms with van der Waals surface area (Å²) in [6.07, 6.45) is 1.36. The van der Waals surface area contributed by atoms with Gasteiger partial charge in [0.25, 0.3) is 0 Å². The summed E-state index contributed by atoms with van der Waals surface area (Å²) in [6.45, 7) is 4.05. The molecule has 1 aliphatic rings. The van der Waals surface area contributed by atoms with E-state index in [1.165, 1.54) is 18.2 Å². The molecule has 7 heteroatoms. The van der Waals surface area contributed by atoms with Crippen molar-refractivity contribution in [2.24, 2.45) is 0 Å². The van der Waals surface area contributed by atoms with Gasteiger partial charge in [-0.15, -0.1) is 0 Å². The van der Waals surface area contributed by atoms with E-state index in [0.717, 1.165) is 11.0 Å². The molecular formula is C13H17NO4S2. The van der Waals surface area contributed by atoms with Crippen LogP contribution in [0.2, 0.25) is 0 Å². The average Bonchev–Trinajstić information content (AvgIpc) is 2.68. The van der Waals surface area contributed by atoms with Crippen LogP contribution in [0.1, 0.15) is 25.3 Å². The highest BCUT2D eigenvalue weighted by atomic mass is 32.2. The van der Waals surface area contributed by atoms with Gasteiger partial charge in [-0.3, -0.25) is 0 Å². The van der Waals surface area contributed by atoms with Crippen LogP contribution in [0.5, 0.6) is 0 Å². The van der Waals surface area contributed by atoms with Crippen molar-refractivity contribution in [1.29, 1.82) is 0 Å². The summed E-state index contributed by atoms with van der Waals surface area (Å²) in [6, 6.07) is 5.89. The molecule has 1 aromatic carbocycles. The van der Waals surface area contributed by atoms with Crippen LogP contribution in [0.4, 0.5) is 0 Å². The van der Waals surface area contributed by atoms with Gasteiger partial charge in [-0.1, -0.05) is 32.1 Å². The zero-order chi connectivity index (χ0) is 15.0. The highest BCUT2D eigenvalue weighted by Crippen LogP contribution is 2.18. The third-order valence-corrected chi connectivity index (χ3v) is 6.00. The minimum absolute atomic E-state index is 0.139. The molecule has 0 unspecified atom stereocenters. The normalized spacial score (nSPS) is 21.4. The molecule has 5 nitrogen and oxygen atoms in total. The number of hydrogen-bond acceptors (Lipinski definition) is 4. The van der Waals surface area contributed by atoms with Crippen molar-refractivity contribution in [2.75, 3.05) is 5.75 Å². The second-order valence-corrected chi connectivity index (χ2v) is 8.75. The Hall–Kier alpha value is -1.18. The van der Waals surface area contributed by atoms with Crippen molar-refractivity contribution in [2.45, 2.75) is 30.7 Å². The number of sulfonamides is 1. The molecule has 0 amide bonds. The summed E-state index contributed by atoms with van der Waals surface area (Å²) >= 11 is 0. The van der Waals surface area contributed by atoms with E-state index in [1.807, 2.05) is 13.8 Å². The Morgan fingerprint density at radius 1 is 1.20 bits per heavy atom. The zero-order valence-electron chi connectivity index (χ0n) is 11.3. The van der Waals surface area contributed by atoms with Crippen molar-refractivity contribution in [3.8, 4) is 0 Å². The molecule has 20 heavy (non-hydrogen) atoms. The Morgan fingerprint density at radius 3 is 2.25 bits per heavy atom. The molecular weight excluding hydrogens is 298 g/mol. The molecule has 0 spiro atoms. The summed E-state index contributed by atoms with van der Waals surface area (Å²) in [5, 5.41) is 1.04. The van der Waals surface area contributed by atoms with Crippen molar-refractivity contribution in [3.63, 3.8) is 0 Å². The number of sulfone groups is 1. The molecule has 0 saturated carbocycles. The van der Waals surface area contributed by atoms with Gasteiger partial charge < -0.3 is 0 Å². The van der Waals surface area contributed by atoms with Gasteiger partial charge in [-0.25, -0.2) is 21.6 Å². The summed E-state index contributed by atoms with van der Waals surface area (Å²) < 4.78 is 49.2. The average molecular weight is 315 g/mol. The standard InChI is InChI=1S/C13H17NO4S2/c1-10(2)11-3-5-13(6-4-11)20(17,18)14-12-7-8-19(15,16)9-12/h3-8,10,12,14H,9H2,1-2H3/t12-/m1/s1. The molecule has 1 N–H and O–H groups in total. The third-order valence-electron chi connectivity index (χ3n) is 3.09. The largest absolute Gasteiger partial charge is 0.241 e. The SMILES string of the molecule is CC(C)c1ccc(S(=O)(=O)N[C@@H]2C=CS(=O)(=O)C2)cc1. The molecule has 0 aliphatic carbocycles. The van der Waals surface area contributed by atoms with Crippen LogP contribution in [0.15, 0.2) is 40.6 Å². The first-order chi connectivity index (χ1) is 9.20. The Bertz CT molecular complexity index is 716. The predicted molar refractivity (Wildman–Crippen MR) is 77.6 cm³/mol. The second kappa shape index (κ2) is 5.31. The number of nitrogens with one attached hydrogen (secondary N) is 1. The topological polar surface area (TPSA) is 80.3 Å². The molecule has 110 valence electrons. The van der Waals surface area contributed by atoms with Gasteiger partial charge in [-0.05, 0) is 23.6 Å². The van der Waals surface area contributed by atoms with E-state index in [4.69, 9.17) is 0 Å². The van der Waals surface area contributed by atoms with E-state index in [0.29, 0.717) is 5.92 Å². The van der Waals surface area contributed by atoms with E-state index in [2.05, 4.69) is 4.72 Å². The van der Waals surface area contributed by atoms with Gasteiger partial charge in [0, 0.05) is 5.41 Å². The lowest BCUT2D eigenvalue weighted by Gasteiger charge is -2.12. The highest BCUT2D eigenvalue weighted by Gasteiger charge is 2.26. The monoisotopic (exact) mass is 315 g/mol. The number of rotatable bonds is 4. The van der Waals surface area contributed by atoms with Gasteiger partial charge >= 0.3 is 0 Å². The maximum atomic E-state index is 12.1. The van der Waals surface area contributed by atoms with Crippen LogP contribution in [0.3, 0.4) is 0 Å². The molecule has 0 bridgehead atoms. The van der Waals surface area contributed by atoms with Crippen molar-refractivity contribution in [1.82, 2.24) is 4.72 Å². The van der Waals surface area contributed by atoms with Crippen molar-refractivity contribution >= 4 is 19.9 Å². The minimum atomic E-state index is -3.70. The van der Waals surface area contributed by atoms with E-state index in [9.17, 15) is 16.8 Å². The molecule has 0 saturated heterocycles. The lowest BCUT2D eigenvalue weighted by molar-refractivity contribution is 0.575. The Labute approximate surface area is 119 Å². The number of benzene rings is 1. The van der Waals surface area contributed by atoms with Gasteiger partial charge in [0.1, 0.15) is 0 Å². The molecule has 0 fully saturated rings. The third kappa shape index (κ3) is 3.47. The summed E-state index contributed by atoms with van der Waals surface area (Å²) in [5.41, 5.74) is 1.05. The second-order valence-electron chi connectivity index (χ2n) is 5.11. The molecule has 0 radical (unpaired) electrons. The fourth-order valence-electron chi connectivity index (χ4n) is 1.95. The van der Waals surface area contributed by atoms with Gasteiger partial charge in [-0.2, -0.15) is 0 Å². The lowest BCUT2D eigenvalue weighted by atomic mass is 10.0. The van der Waals surface area contributed by atoms with E-state index in [-0.39, 0.29) is 10.6 Å². The quantitative estimate of drug-likeness (QED) is 0.910. The molecule has 1 heterocycles. The van der Waals surface area contributed by atoms with Crippen LogP contribution in [0, 0.1) is 0 Å². The highest BCUT2D eigenvalue weighted by molar-refractivity contribution is 7.94. The molecule has 1 aliphatic heterocycles. The van der Waals surface area contributed by atoms with Gasteiger partial charge in [0.15, 0.2) is 9.84 Å². The van der Waals surface area contributed by atoms with Crippen molar-refractivity contribution < 1.29 is 16.8 Å². The van der Waals surface area contributed by atoms with Gasteiger partial charge in [0.2, 0.25) is 10.0 Å². The van der Waals surface area contributed by atoms with Crippen molar-refractivity contribution in [3.05, 3.63) is 41.3 Å². The Kier molecular flexibility index (Phi) is 4.04. The van der Waals surface area contributed by atoms with Crippen LogP contribution in [0.25, 0.3) is 0 Å². The first kappa shape index (κ1) is 15.2. The summed E-state index contributed by atoms with van der Waals surface area (Å²) in [7, 11) is -6.98. The fraction of sp³-hybridized carbons (Fsp3) is 0.385.